The van der Waals surface area contributed by atoms with Crippen LogP contribution in [0, 0.1) is 0 Å². The summed E-state index contributed by atoms with van der Waals surface area (Å²) in [5.41, 5.74) is 0.400. The maximum Gasteiger partial charge on any atom is 0.352 e. The SMILES string of the molecule is O=C(O)c1cccn1C1CCN(CCCCCCO)CC1. The van der Waals surface area contributed by atoms with Crippen LogP contribution in [-0.4, -0.2) is 51.9 Å². The van der Waals surface area contributed by atoms with Crippen LogP contribution in [0.4, 0.5) is 0 Å². The van der Waals surface area contributed by atoms with E-state index in [4.69, 9.17) is 5.11 Å². The van der Waals surface area contributed by atoms with Crippen LogP contribution in [-0.2, 0) is 0 Å². The molecule has 2 heterocycles. The molecule has 0 bridgehead atoms. The molecule has 1 aliphatic rings. The third-order valence-electron chi connectivity index (χ3n) is 4.33. The lowest BCUT2D eigenvalue weighted by atomic mass is 10.0. The van der Waals surface area contributed by atoms with Crippen molar-refractivity contribution in [1.82, 2.24) is 9.47 Å². The van der Waals surface area contributed by atoms with E-state index >= 15 is 0 Å². The van der Waals surface area contributed by atoms with Crippen LogP contribution in [0.25, 0.3) is 0 Å². The highest BCUT2D eigenvalue weighted by atomic mass is 16.4. The molecule has 0 saturated carbocycles. The number of hydrogen-bond donors (Lipinski definition) is 2. The number of likely N-dealkylation sites (tertiary alicyclic amines) is 1. The average Bonchev–Trinajstić information content (AvgIpc) is 2.97. The Labute approximate surface area is 126 Å². The minimum Gasteiger partial charge on any atom is -0.477 e. The zero-order chi connectivity index (χ0) is 15.1. The number of aliphatic hydroxyl groups is 1. The molecular formula is C16H26N2O3. The Morgan fingerprint density at radius 1 is 1.19 bits per heavy atom. The quantitative estimate of drug-likeness (QED) is 0.722. The number of piperidine rings is 1. The fraction of sp³-hybridized carbons (Fsp3) is 0.688. The predicted octanol–water partition coefficient (Wildman–Crippen LogP) is 2.38. The van der Waals surface area contributed by atoms with Crippen LogP contribution in [0.1, 0.15) is 55.1 Å². The number of rotatable bonds is 8. The molecule has 0 radical (unpaired) electrons. The molecule has 2 rings (SSSR count). The minimum absolute atomic E-state index is 0.300. The van der Waals surface area contributed by atoms with Gasteiger partial charge in [0.15, 0.2) is 0 Å². The van der Waals surface area contributed by atoms with Crippen LogP contribution in [0.15, 0.2) is 18.3 Å². The topological polar surface area (TPSA) is 65.7 Å². The first kappa shape index (κ1) is 16.0. The lowest BCUT2D eigenvalue weighted by Crippen LogP contribution is -2.35. The van der Waals surface area contributed by atoms with E-state index in [-0.39, 0.29) is 0 Å². The van der Waals surface area contributed by atoms with Crippen LogP contribution < -0.4 is 0 Å². The van der Waals surface area contributed by atoms with Gasteiger partial charge in [-0.3, -0.25) is 0 Å². The number of aliphatic hydroxyl groups excluding tert-OH is 1. The minimum atomic E-state index is -0.841. The number of carboxylic acid groups (broad SMARTS) is 1. The molecule has 0 amide bonds. The van der Waals surface area contributed by atoms with E-state index in [1.54, 1.807) is 6.07 Å². The largest absolute Gasteiger partial charge is 0.477 e. The summed E-state index contributed by atoms with van der Waals surface area (Å²) in [7, 11) is 0. The second-order valence-electron chi connectivity index (χ2n) is 5.82. The van der Waals surface area contributed by atoms with E-state index < -0.39 is 5.97 Å². The smallest absolute Gasteiger partial charge is 0.352 e. The van der Waals surface area contributed by atoms with Crippen molar-refractivity contribution >= 4 is 5.97 Å². The van der Waals surface area contributed by atoms with E-state index in [0.717, 1.165) is 45.3 Å². The van der Waals surface area contributed by atoms with Crippen LogP contribution in [0.3, 0.4) is 0 Å². The zero-order valence-electron chi connectivity index (χ0n) is 12.6. The summed E-state index contributed by atoms with van der Waals surface area (Å²) in [6.07, 6.45) is 8.32. The predicted molar refractivity (Wildman–Crippen MR) is 81.7 cm³/mol. The normalized spacial score (nSPS) is 17.2. The van der Waals surface area contributed by atoms with E-state index in [9.17, 15) is 9.90 Å². The van der Waals surface area contributed by atoms with Crippen molar-refractivity contribution in [3.05, 3.63) is 24.0 Å². The molecule has 0 aliphatic carbocycles. The summed E-state index contributed by atoms with van der Waals surface area (Å²) in [5.74, 6) is -0.841. The molecule has 5 heteroatoms. The zero-order valence-corrected chi connectivity index (χ0v) is 12.6. The molecule has 1 aromatic heterocycles. The number of nitrogens with zero attached hydrogens (tertiary/aromatic N) is 2. The van der Waals surface area contributed by atoms with Gasteiger partial charge in [0.25, 0.3) is 0 Å². The van der Waals surface area contributed by atoms with E-state index in [0.29, 0.717) is 18.3 Å². The maximum atomic E-state index is 11.2. The highest BCUT2D eigenvalue weighted by Gasteiger charge is 2.22. The maximum absolute atomic E-state index is 11.2. The highest BCUT2D eigenvalue weighted by molar-refractivity contribution is 5.85. The van der Waals surface area contributed by atoms with Gasteiger partial charge in [0.2, 0.25) is 0 Å². The van der Waals surface area contributed by atoms with E-state index in [1.165, 1.54) is 12.8 Å². The fourth-order valence-corrected chi connectivity index (χ4v) is 3.12. The number of carboxylic acids is 1. The number of aromatic carboxylic acids is 1. The first-order chi connectivity index (χ1) is 10.2. The van der Waals surface area contributed by atoms with Crippen molar-refractivity contribution in [3.63, 3.8) is 0 Å². The molecule has 2 N–H and O–H groups in total. The monoisotopic (exact) mass is 294 g/mol. The Kier molecular flexibility index (Phi) is 6.26. The average molecular weight is 294 g/mol. The highest BCUT2D eigenvalue weighted by Crippen LogP contribution is 2.24. The van der Waals surface area contributed by atoms with Gasteiger partial charge in [-0.15, -0.1) is 0 Å². The van der Waals surface area contributed by atoms with Crippen molar-refractivity contribution in [1.29, 1.82) is 0 Å². The van der Waals surface area contributed by atoms with Gasteiger partial charge in [-0.05, 0) is 44.4 Å². The lowest BCUT2D eigenvalue weighted by molar-refractivity contribution is 0.0678. The fourth-order valence-electron chi connectivity index (χ4n) is 3.12. The summed E-state index contributed by atoms with van der Waals surface area (Å²) < 4.78 is 1.92. The van der Waals surface area contributed by atoms with E-state index in [1.807, 2.05) is 16.8 Å². The molecule has 0 unspecified atom stereocenters. The van der Waals surface area contributed by atoms with Crippen molar-refractivity contribution < 1.29 is 15.0 Å². The molecule has 21 heavy (non-hydrogen) atoms. The Bertz CT molecular complexity index is 436. The molecule has 118 valence electrons. The Balaban J connectivity index is 1.73. The molecule has 1 aromatic rings. The van der Waals surface area contributed by atoms with Crippen molar-refractivity contribution in [2.24, 2.45) is 0 Å². The van der Waals surface area contributed by atoms with E-state index in [2.05, 4.69) is 4.90 Å². The van der Waals surface area contributed by atoms with Gasteiger partial charge in [-0.2, -0.15) is 0 Å². The molecule has 0 aromatic carbocycles. The molecule has 1 fully saturated rings. The van der Waals surface area contributed by atoms with Crippen LogP contribution in [0.2, 0.25) is 0 Å². The molecule has 5 nitrogen and oxygen atoms in total. The second-order valence-corrected chi connectivity index (χ2v) is 5.82. The third-order valence-corrected chi connectivity index (χ3v) is 4.33. The van der Waals surface area contributed by atoms with Gasteiger partial charge in [-0.25, -0.2) is 4.79 Å². The molecule has 1 saturated heterocycles. The summed E-state index contributed by atoms with van der Waals surface area (Å²) in [6, 6.07) is 3.81. The Morgan fingerprint density at radius 3 is 2.57 bits per heavy atom. The van der Waals surface area contributed by atoms with Crippen LogP contribution >= 0.6 is 0 Å². The van der Waals surface area contributed by atoms with Gasteiger partial charge >= 0.3 is 5.97 Å². The number of hydrogen-bond acceptors (Lipinski definition) is 3. The molecular weight excluding hydrogens is 268 g/mol. The summed E-state index contributed by atoms with van der Waals surface area (Å²) >= 11 is 0. The lowest BCUT2D eigenvalue weighted by Gasteiger charge is -2.33. The van der Waals surface area contributed by atoms with Crippen molar-refractivity contribution in [2.75, 3.05) is 26.2 Å². The van der Waals surface area contributed by atoms with Gasteiger partial charge in [0.05, 0.1) is 0 Å². The Hall–Kier alpha value is -1.33. The molecule has 0 spiro atoms. The van der Waals surface area contributed by atoms with Crippen molar-refractivity contribution in [2.45, 2.75) is 44.6 Å². The standard InChI is InChI=1S/C16H26N2O3/c19-13-4-2-1-3-9-17-11-7-14(8-12-17)18-10-5-6-15(18)16(20)21/h5-6,10,14,19H,1-4,7-9,11-13H2,(H,20,21). The van der Waals surface area contributed by atoms with Crippen LogP contribution in [0.5, 0.6) is 0 Å². The number of unbranched alkanes of at least 4 members (excludes halogenated alkanes) is 3. The van der Waals surface area contributed by atoms with Gasteiger partial charge in [-0.1, -0.05) is 12.8 Å². The third kappa shape index (κ3) is 4.58. The van der Waals surface area contributed by atoms with Gasteiger partial charge in [0.1, 0.15) is 5.69 Å². The summed E-state index contributed by atoms with van der Waals surface area (Å²) in [4.78, 5) is 13.6. The molecule has 1 aliphatic heterocycles. The second kappa shape index (κ2) is 8.20. The Morgan fingerprint density at radius 2 is 1.90 bits per heavy atom. The van der Waals surface area contributed by atoms with Crippen molar-refractivity contribution in [3.8, 4) is 0 Å². The van der Waals surface area contributed by atoms with Gasteiger partial charge in [0, 0.05) is 31.9 Å². The molecule has 0 atom stereocenters. The first-order valence-corrected chi connectivity index (χ1v) is 7.95. The number of carbonyl (C=O) groups is 1. The number of aromatic nitrogens is 1. The summed E-state index contributed by atoms with van der Waals surface area (Å²) in [5, 5.41) is 17.9. The first-order valence-electron chi connectivity index (χ1n) is 7.95. The summed E-state index contributed by atoms with van der Waals surface area (Å²) in [6.45, 7) is 3.51. The van der Waals surface area contributed by atoms with Gasteiger partial charge < -0.3 is 19.7 Å².